The van der Waals surface area contributed by atoms with Gasteiger partial charge in [-0.25, -0.2) is 0 Å². The van der Waals surface area contributed by atoms with Crippen LogP contribution in [0.3, 0.4) is 0 Å². The Labute approximate surface area is 114 Å². The number of rotatable bonds is 3. The Morgan fingerprint density at radius 1 is 1.56 bits per heavy atom. The van der Waals surface area contributed by atoms with E-state index in [0.29, 0.717) is 17.3 Å². The number of aromatic nitrogens is 2. The van der Waals surface area contributed by atoms with Crippen molar-refractivity contribution >= 4 is 28.7 Å². The average molecular weight is 281 g/mol. The molecule has 0 bridgehead atoms. The lowest BCUT2D eigenvalue weighted by Crippen LogP contribution is -2.10. The first-order chi connectivity index (χ1) is 8.70. The molecule has 3 rings (SSSR count). The van der Waals surface area contributed by atoms with Gasteiger partial charge in [0.2, 0.25) is 5.78 Å². The Morgan fingerprint density at radius 2 is 2.39 bits per heavy atom. The van der Waals surface area contributed by atoms with E-state index in [4.69, 9.17) is 11.6 Å². The molecule has 18 heavy (non-hydrogen) atoms. The van der Waals surface area contributed by atoms with E-state index in [-0.39, 0.29) is 5.78 Å². The molecule has 2 aromatic rings. The zero-order chi connectivity index (χ0) is 12.7. The van der Waals surface area contributed by atoms with E-state index in [2.05, 4.69) is 5.10 Å². The molecule has 5 heteroatoms. The number of hydrogen-bond donors (Lipinski definition) is 0. The van der Waals surface area contributed by atoms with Crippen molar-refractivity contribution in [1.82, 2.24) is 9.78 Å². The van der Waals surface area contributed by atoms with Crippen molar-refractivity contribution in [2.24, 2.45) is 0 Å². The molecule has 0 aliphatic heterocycles. The largest absolute Gasteiger partial charge is 0.286 e. The molecular weight excluding hydrogens is 268 g/mol. The van der Waals surface area contributed by atoms with Crippen LogP contribution in [0.2, 0.25) is 5.02 Å². The summed E-state index contributed by atoms with van der Waals surface area (Å²) in [6.07, 6.45) is 4.96. The van der Waals surface area contributed by atoms with Gasteiger partial charge in [-0.2, -0.15) is 5.10 Å². The van der Waals surface area contributed by atoms with Crippen molar-refractivity contribution in [3.8, 4) is 0 Å². The van der Waals surface area contributed by atoms with Crippen LogP contribution < -0.4 is 0 Å². The van der Waals surface area contributed by atoms with Crippen molar-refractivity contribution in [3.05, 3.63) is 38.3 Å². The van der Waals surface area contributed by atoms with Crippen LogP contribution in [0.5, 0.6) is 0 Å². The maximum atomic E-state index is 12.5. The molecule has 2 heterocycles. The fourth-order valence-corrected chi connectivity index (χ4v) is 3.81. The third-order valence-electron chi connectivity index (χ3n) is 3.28. The smallest absolute Gasteiger partial charge is 0.222 e. The van der Waals surface area contributed by atoms with Gasteiger partial charge in [0.05, 0.1) is 16.1 Å². The highest BCUT2D eigenvalue weighted by Crippen LogP contribution is 2.32. The number of nitrogens with zero attached hydrogens (tertiary/aromatic N) is 2. The molecular formula is C13H13ClN2OS. The van der Waals surface area contributed by atoms with E-state index in [0.717, 1.165) is 17.7 Å². The summed E-state index contributed by atoms with van der Waals surface area (Å²) >= 11 is 7.67. The number of aryl methyl sites for hydroxylation is 3. The predicted molar refractivity (Wildman–Crippen MR) is 72.7 cm³/mol. The van der Waals surface area contributed by atoms with Gasteiger partial charge in [0.15, 0.2) is 0 Å². The molecule has 0 amide bonds. The molecule has 0 aromatic carbocycles. The van der Waals surface area contributed by atoms with Gasteiger partial charge in [-0.15, -0.1) is 11.3 Å². The fraction of sp³-hybridized carbons (Fsp3) is 0.385. The highest BCUT2D eigenvalue weighted by molar-refractivity contribution is 7.14. The second-order valence-electron chi connectivity index (χ2n) is 4.40. The van der Waals surface area contributed by atoms with E-state index in [1.807, 2.05) is 13.0 Å². The van der Waals surface area contributed by atoms with Gasteiger partial charge in [-0.3, -0.25) is 9.48 Å². The normalized spacial score (nSPS) is 13.9. The van der Waals surface area contributed by atoms with E-state index in [1.54, 1.807) is 22.2 Å². The van der Waals surface area contributed by atoms with Crippen molar-refractivity contribution in [3.63, 3.8) is 0 Å². The topological polar surface area (TPSA) is 34.9 Å². The minimum absolute atomic E-state index is 0.00116. The van der Waals surface area contributed by atoms with Gasteiger partial charge in [0.25, 0.3) is 0 Å². The first-order valence-corrected chi connectivity index (χ1v) is 7.27. The first kappa shape index (κ1) is 11.9. The summed E-state index contributed by atoms with van der Waals surface area (Å²) in [5, 5.41) is 4.55. The maximum Gasteiger partial charge on any atom is 0.222 e. The molecule has 94 valence electrons. The summed E-state index contributed by atoms with van der Waals surface area (Å²) in [7, 11) is 0. The predicted octanol–water partition coefficient (Wildman–Crippen LogP) is 3.34. The van der Waals surface area contributed by atoms with Crippen LogP contribution in [0.4, 0.5) is 0 Å². The molecule has 0 saturated heterocycles. The molecule has 0 unspecified atom stereocenters. The minimum Gasteiger partial charge on any atom is -0.286 e. The van der Waals surface area contributed by atoms with Gasteiger partial charge in [0, 0.05) is 11.4 Å². The number of hydrogen-bond acceptors (Lipinski definition) is 3. The lowest BCUT2D eigenvalue weighted by Gasteiger charge is -2.02. The number of fused-ring (bicyclic) bond motifs is 1. The minimum atomic E-state index is -0.00116. The number of halogens is 1. The fourth-order valence-electron chi connectivity index (χ4n) is 2.39. The van der Waals surface area contributed by atoms with Crippen LogP contribution in [0, 0.1) is 0 Å². The number of ketones is 1. The monoisotopic (exact) mass is 280 g/mol. The average Bonchev–Trinajstić information content (AvgIpc) is 3.00. The summed E-state index contributed by atoms with van der Waals surface area (Å²) in [4.78, 5) is 14.6. The van der Waals surface area contributed by atoms with Crippen LogP contribution >= 0.6 is 22.9 Å². The molecule has 0 N–H and O–H groups in total. The van der Waals surface area contributed by atoms with E-state index in [9.17, 15) is 4.79 Å². The van der Waals surface area contributed by atoms with E-state index >= 15 is 0 Å². The number of thiophene rings is 1. The summed E-state index contributed by atoms with van der Waals surface area (Å²) in [6.45, 7) is 2.60. The summed E-state index contributed by atoms with van der Waals surface area (Å²) in [5.74, 6) is -0.00116. The Hall–Kier alpha value is -1.13. The van der Waals surface area contributed by atoms with Crippen LogP contribution in [0.15, 0.2) is 12.3 Å². The van der Waals surface area contributed by atoms with Gasteiger partial charge >= 0.3 is 0 Å². The Morgan fingerprint density at radius 3 is 3.11 bits per heavy atom. The third kappa shape index (κ3) is 1.80. The van der Waals surface area contributed by atoms with Gasteiger partial charge in [-0.05, 0) is 37.8 Å². The standard InChI is InChI=1S/C13H13ClN2OS/c1-2-16-12(9(14)7-15-16)13(17)11-6-8-4-3-5-10(8)18-11/h6-7H,2-5H2,1H3. The van der Waals surface area contributed by atoms with Gasteiger partial charge in [0.1, 0.15) is 5.69 Å². The zero-order valence-corrected chi connectivity index (χ0v) is 11.6. The van der Waals surface area contributed by atoms with Crippen molar-refractivity contribution in [2.45, 2.75) is 32.7 Å². The van der Waals surface area contributed by atoms with Crippen molar-refractivity contribution < 1.29 is 4.79 Å². The molecule has 1 aliphatic rings. The molecule has 0 fully saturated rings. The first-order valence-electron chi connectivity index (χ1n) is 6.08. The molecule has 0 spiro atoms. The van der Waals surface area contributed by atoms with Gasteiger partial charge < -0.3 is 0 Å². The molecule has 3 nitrogen and oxygen atoms in total. The van der Waals surface area contributed by atoms with E-state index in [1.165, 1.54) is 16.9 Å². The zero-order valence-electron chi connectivity index (χ0n) is 10.1. The number of carbonyl (C=O) groups excluding carboxylic acids is 1. The van der Waals surface area contributed by atoms with Crippen LogP contribution in [-0.4, -0.2) is 15.6 Å². The second-order valence-corrected chi connectivity index (χ2v) is 5.94. The summed E-state index contributed by atoms with van der Waals surface area (Å²) in [6, 6.07) is 2.03. The van der Waals surface area contributed by atoms with Crippen molar-refractivity contribution in [2.75, 3.05) is 0 Å². The Kier molecular flexibility index (Phi) is 2.99. The SMILES string of the molecule is CCn1ncc(Cl)c1C(=O)c1cc2c(s1)CCC2. The van der Waals surface area contributed by atoms with Gasteiger partial charge in [-0.1, -0.05) is 11.6 Å². The lowest BCUT2D eigenvalue weighted by molar-refractivity contribution is 0.103. The molecule has 0 radical (unpaired) electrons. The van der Waals surface area contributed by atoms with Crippen LogP contribution in [0.1, 0.15) is 39.2 Å². The van der Waals surface area contributed by atoms with Crippen LogP contribution in [-0.2, 0) is 19.4 Å². The molecule has 1 aliphatic carbocycles. The quantitative estimate of drug-likeness (QED) is 0.808. The van der Waals surface area contributed by atoms with Crippen molar-refractivity contribution in [1.29, 1.82) is 0 Å². The third-order valence-corrected chi connectivity index (χ3v) is 4.79. The second kappa shape index (κ2) is 4.52. The maximum absolute atomic E-state index is 12.5. The Balaban J connectivity index is 2.00. The lowest BCUT2D eigenvalue weighted by atomic mass is 10.2. The molecule has 0 saturated carbocycles. The molecule has 2 aromatic heterocycles. The number of carbonyl (C=O) groups is 1. The molecule has 0 atom stereocenters. The van der Waals surface area contributed by atoms with E-state index < -0.39 is 0 Å². The highest BCUT2D eigenvalue weighted by atomic mass is 35.5. The summed E-state index contributed by atoms with van der Waals surface area (Å²) in [5.41, 5.74) is 1.85. The Bertz CT molecular complexity index is 593. The van der Waals surface area contributed by atoms with Crippen LogP contribution in [0.25, 0.3) is 0 Å². The highest BCUT2D eigenvalue weighted by Gasteiger charge is 2.23. The summed E-state index contributed by atoms with van der Waals surface area (Å²) < 4.78 is 1.66.